The molecule has 3 aromatic carbocycles. The van der Waals surface area contributed by atoms with Crippen LogP contribution in [0.2, 0.25) is 5.02 Å². The van der Waals surface area contributed by atoms with Gasteiger partial charge >= 0.3 is 0 Å². The molecule has 0 N–H and O–H groups in total. The molecule has 0 saturated carbocycles. The molecule has 4 heteroatoms. The molecule has 5 rings (SSSR count). The summed E-state index contributed by atoms with van der Waals surface area (Å²) < 4.78 is 0. The van der Waals surface area contributed by atoms with E-state index in [4.69, 9.17) is 11.6 Å². The molecule has 0 aliphatic carbocycles. The lowest BCUT2D eigenvalue weighted by atomic mass is 9.81. The molecule has 2 aliphatic heterocycles. The molecule has 0 bridgehead atoms. The Balaban J connectivity index is 1.76. The van der Waals surface area contributed by atoms with Crippen LogP contribution >= 0.6 is 11.6 Å². The van der Waals surface area contributed by atoms with E-state index < -0.39 is 0 Å². The number of hydrogen-bond donors (Lipinski definition) is 0. The monoisotopic (exact) mass is 423 g/mol. The van der Waals surface area contributed by atoms with Crippen LogP contribution in [0.3, 0.4) is 0 Å². The Labute approximate surface area is 185 Å². The molecule has 0 radical (unpaired) electrons. The number of nitrogens with zero attached hydrogens (tertiary/aromatic N) is 1. The number of carbonyl (C=O) groups excluding carboxylic acids is 2. The zero-order valence-corrected chi connectivity index (χ0v) is 17.3. The Hall–Kier alpha value is -3.65. The van der Waals surface area contributed by atoms with Crippen molar-refractivity contribution in [3.05, 3.63) is 123 Å². The number of Topliss-reactive ketones (excluding diaryl/α,β-unsaturated/α-hetero) is 1. The van der Waals surface area contributed by atoms with Gasteiger partial charge in [-0.1, -0.05) is 66.2 Å². The fourth-order valence-corrected chi connectivity index (χ4v) is 4.45. The minimum Gasteiger partial charge on any atom is -0.339 e. The first kappa shape index (κ1) is 19.3. The highest BCUT2D eigenvalue weighted by Crippen LogP contribution is 2.47. The van der Waals surface area contributed by atoms with Gasteiger partial charge in [0.2, 0.25) is 0 Å². The number of allylic oxidation sites excluding steroid dienone is 1. The highest BCUT2D eigenvalue weighted by Gasteiger charge is 2.37. The van der Waals surface area contributed by atoms with Crippen LogP contribution < -0.4 is 0 Å². The van der Waals surface area contributed by atoms with Gasteiger partial charge in [-0.2, -0.15) is 0 Å². The lowest BCUT2D eigenvalue weighted by molar-refractivity contribution is 0.103. The van der Waals surface area contributed by atoms with E-state index in [1.54, 1.807) is 24.3 Å². The third-order valence-corrected chi connectivity index (χ3v) is 6.05. The molecule has 3 aromatic rings. The van der Waals surface area contributed by atoms with Gasteiger partial charge in [0.1, 0.15) is 5.94 Å². The molecule has 0 fully saturated rings. The van der Waals surface area contributed by atoms with Crippen LogP contribution in [-0.4, -0.2) is 16.6 Å². The lowest BCUT2D eigenvalue weighted by Crippen LogP contribution is -2.32. The Morgan fingerprint density at radius 2 is 1.65 bits per heavy atom. The topological polar surface area (TPSA) is 37.4 Å². The van der Waals surface area contributed by atoms with Crippen LogP contribution in [0, 0.1) is 0 Å². The average Bonchev–Trinajstić information content (AvgIpc) is 2.83. The number of ketones is 1. The normalized spacial score (nSPS) is 17.1. The van der Waals surface area contributed by atoms with E-state index in [9.17, 15) is 9.59 Å². The summed E-state index contributed by atoms with van der Waals surface area (Å²) >= 11 is 6.01. The number of hydrogen-bond acceptors (Lipinski definition) is 3. The molecule has 0 amide bonds. The van der Waals surface area contributed by atoms with Gasteiger partial charge in [0.15, 0.2) is 5.78 Å². The molecule has 0 aromatic heterocycles. The summed E-state index contributed by atoms with van der Waals surface area (Å²) in [7, 11) is 0. The van der Waals surface area contributed by atoms with Gasteiger partial charge in [-0.3, -0.25) is 4.79 Å². The largest absolute Gasteiger partial charge is 0.339 e. The first-order chi connectivity index (χ1) is 15.2. The predicted octanol–water partition coefficient (Wildman–Crippen LogP) is 6.12. The molecule has 1 atom stereocenters. The third-order valence-electron chi connectivity index (χ3n) is 5.80. The van der Waals surface area contributed by atoms with E-state index in [0.29, 0.717) is 28.2 Å². The van der Waals surface area contributed by atoms with Gasteiger partial charge in [-0.05, 0) is 41.5 Å². The first-order valence-corrected chi connectivity index (χ1v) is 10.4. The fraction of sp³-hybridized carbons (Fsp3) is 0.0741. The second-order valence-electron chi connectivity index (χ2n) is 7.58. The van der Waals surface area contributed by atoms with Gasteiger partial charge < -0.3 is 4.90 Å². The highest BCUT2D eigenvalue weighted by molar-refractivity contribution is 6.30. The Morgan fingerprint density at radius 3 is 2.39 bits per heavy atom. The quantitative estimate of drug-likeness (QED) is 0.376. The maximum Gasteiger partial charge on any atom is 0.196 e. The van der Waals surface area contributed by atoms with Gasteiger partial charge in [-0.25, -0.2) is 4.79 Å². The second-order valence-corrected chi connectivity index (χ2v) is 8.02. The van der Waals surface area contributed by atoms with E-state index in [-0.39, 0.29) is 11.8 Å². The molecule has 2 heterocycles. The summed E-state index contributed by atoms with van der Waals surface area (Å²) in [6, 6.07) is 24.6. The molecule has 0 saturated heterocycles. The fourth-order valence-electron chi connectivity index (χ4n) is 4.33. The van der Waals surface area contributed by atoms with Crippen molar-refractivity contribution in [3.8, 4) is 0 Å². The van der Waals surface area contributed by atoms with E-state index >= 15 is 0 Å². The van der Waals surface area contributed by atoms with Crippen LogP contribution in [0.4, 0.5) is 0 Å². The minimum absolute atomic E-state index is 0.0981. The smallest absolute Gasteiger partial charge is 0.196 e. The van der Waals surface area contributed by atoms with Gasteiger partial charge in [-0.15, -0.1) is 0 Å². The lowest BCUT2D eigenvalue weighted by Gasteiger charge is -2.41. The second kappa shape index (κ2) is 7.88. The van der Waals surface area contributed by atoms with Crippen molar-refractivity contribution in [2.45, 2.75) is 12.5 Å². The molecule has 3 nitrogen and oxygen atoms in total. The number of halogens is 1. The first-order valence-electron chi connectivity index (χ1n) is 10.1. The summed E-state index contributed by atoms with van der Waals surface area (Å²) in [4.78, 5) is 27.9. The van der Waals surface area contributed by atoms with E-state index in [0.717, 1.165) is 22.4 Å². The van der Waals surface area contributed by atoms with Crippen molar-refractivity contribution in [2.24, 2.45) is 0 Å². The summed E-state index contributed by atoms with van der Waals surface area (Å²) in [5.74, 6) is 1.89. The Bertz CT molecular complexity index is 1280. The number of rotatable bonds is 3. The SMILES string of the molecule is O=C=C1CC(c2ccccc2)N2C=Cc3ccccc3C2=C1C(=O)c1ccc(Cl)cc1. The molecule has 2 aliphatic rings. The van der Waals surface area contributed by atoms with Crippen molar-refractivity contribution in [1.82, 2.24) is 4.90 Å². The predicted molar refractivity (Wildman–Crippen MR) is 123 cm³/mol. The number of fused-ring (bicyclic) bond motifs is 3. The van der Waals surface area contributed by atoms with Crippen molar-refractivity contribution in [3.63, 3.8) is 0 Å². The van der Waals surface area contributed by atoms with Crippen molar-refractivity contribution >= 4 is 35.1 Å². The number of carbonyl (C=O) groups is 1. The zero-order valence-electron chi connectivity index (χ0n) is 16.6. The maximum absolute atomic E-state index is 13.6. The number of benzene rings is 3. The van der Waals surface area contributed by atoms with E-state index in [1.807, 2.05) is 60.8 Å². The van der Waals surface area contributed by atoms with Crippen LogP contribution in [0.5, 0.6) is 0 Å². The summed E-state index contributed by atoms with van der Waals surface area (Å²) in [5.41, 5.74) is 5.05. The van der Waals surface area contributed by atoms with Crippen molar-refractivity contribution in [2.75, 3.05) is 0 Å². The standard InChI is InChI=1S/C27H18ClNO2/c28-22-12-10-20(11-13-22)27(31)25-21(17-30)16-24(19-7-2-1-3-8-19)29-15-14-18-6-4-5-9-23(18)26(25)29/h1-15,24H,16H2. The van der Waals surface area contributed by atoms with Crippen LogP contribution in [0.25, 0.3) is 11.8 Å². The summed E-state index contributed by atoms with van der Waals surface area (Å²) in [5, 5.41) is 0.556. The van der Waals surface area contributed by atoms with Crippen molar-refractivity contribution in [1.29, 1.82) is 0 Å². The third kappa shape index (κ3) is 3.34. The summed E-state index contributed by atoms with van der Waals surface area (Å²) in [6.07, 6.45) is 4.46. The van der Waals surface area contributed by atoms with Crippen LogP contribution in [0.1, 0.15) is 39.5 Å². The average molecular weight is 424 g/mol. The van der Waals surface area contributed by atoms with E-state index in [1.165, 1.54) is 0 Å². The Kier molecular flexibility index (Phi) is 4.91. The van der Waals surface area contributed by atoms with Crippen LogP contribution in [0.15, 0.2) is 96.2 Å². The van der Waals surface area contributed by atoms with Crippen molar-refractivity contribution < 1.29 is 9.59 Å². The molecule has 0 spiro atoms. The Morgan fingerprint density at radius 1 is 0.935 bits per heavy atom. The van der Waals surface area contributed by atoms with E-state index in [2.05, 4.69) is 16.9 Å². The molecule has 1 unspecified atom stereocenters. The summed E-state index contributed by atoms with van der Waals surface area (Å²) in [6.45, 7) is 0. The minimum atomic E-state index is -0.202. The molecule has 150 valence electrons. The maximum atomic E-state index is 13.6. The zero-order chi connectivity index (χ0) is 21.4. The van der Waals surface area contributed by atoms with Gasteiger partial charge in [0.25, 0.3) is 0 Å². The highest BCUT2D eigenvalue weighted by atomic mass is 35.5. The molecular formula is C27H18ClNO2. The molecule has 31 heavy (non-hydrogen) atoms. The molecular weight excluding hydrogens is 406 g/mol. The van der Waals surface area contributed by atoms with Gasteiger partial charge in [0.05, 0.1) is 22.9 Å². The van der Waals surface area contributed by atoms with Crippen LogP contribution in [-0.2, 0) is 4.79 Å². The van der Waals surface area contributed by atoms with Gasteiger partial charge in [0, 0.05) is 28.8 Å².